The third-order valence-corrected chi connectivity index (χ3v) is 2.48. The van der Waals surface area contributed by atoms with Crippen molar-refractivity contribution in [2.45, 2.75) is 20.4 Å². The van der Waals surface area contributed by atoms with Crippen LogP contribution in [0.3, 0.4) is 0 Å². The van der Waals surface area contributed by atoms with Gasteiger partial charge < -0.3 is 4.74 Å². The van der Waals surface area contributed by atoms with Gasteiger partial charge in [0.2, 0.25) is 0 Å². The van der Waals surface area contributed by atoms with Crippen molar-refractivity contribution in [2.75, 3.05) is 20.2 Å². The van der Waals surface area contributed by atoms with E-state index in [1.807, 2.05) is 39.1 Å². The monoisotopic (exact) mass is 235 g/mol. The highest BCUT2D eigenvalue weighted by atomic mass is 16.5. The Balaban J connectivity index is 2.22. The van der Waals surface area contributed by atoms with Crippen molar-refractivity contribution in [1.82, 2.24) is 4.90 Å². The first-order chi connectivity index (χ1) is 8.09. The average Bonchev–Trinajstić information content (AvgIpc) is 2.30. The number of rotatable bonds is 6. The van der Waals surface area contributed by atoms with Crippen LogP contribution in [0.25, 0.3) is 0 Å². The second-order valence-corrected chi connectivity index (χ2v) is 4.55. The smallest absolute Gasteiger partial charge is 0.308 e. The summed E-state index contributed by atoms with van der Waals surface area (Å²) in [6, 6.07) is 10.3. The quantitative estimate of drug-likeness (QED) is 0.709. The highest BCUT2D eigenvalue weighted by molar-refractivity contribution is 5.71. The highest BCUT2D eigenvalue weighted by Gasteiger charge is 2.08. The molecule has 3 heteroatoms. The lowest BCUT2D eigenvalue weighted by Crippen LogP contribution is -2.25. The minimum Gasteiger partial charge on any atom is -0.464 e. The van der Waals surface area contributed by atoms with E-state index in [0.29, 0.717) is 6.61 Å². The summed E-state index contributed by atoms with van der Waals surface area (Å²) in [7, 11) is 2.02. The van der Waals surface area contributed by atoms with Crippen LogP contribution in [0.2, 0.25) is 0 Å². The minimum absolute atomic E-state index is 0.0468. The summed E-state index contributed by atoms with van der Waals surface area (Å²) < 4.78 is 5.13. The van der Waals surface area contributed by atoms with E-state index in [4.69, 9.17) is 4.74 Å². The normalized spacial score (nSPS) is 10.9. The molecule has 0 radical (unpaired) electrons. The first kappa shape index (κ1) is 13.7. The first-order valence-electron chi connectivity index (χ1n) is 5.98. The molecule has 0 fully saturated rings. The van der Waals surface area contributed by atoms with E-state index >= 15 is 0 Å². The lowest BCUT2D eigenvalue weighted by atomic mass is 10.2. The largest absolute Gasteiger partial charge is 0.464 e. The Morgan fingerprint density at radius 1 is 1.29 bits per heavy atom. The van der Waals surface area contributed by atoms with E-state index < -0.39 is 0 Å². The summed E-state index contributed by atoms with van der Waals surface area (Å²) in [5.74, 6) is -0.174. The van der Waals surface area contributed by atoms with Gasteiger partial charge in [-0.15, -0.1) is 0 Å². The fourth-order valence-corrected chi connectivity index (χ4v) is 1.44. The lowest BCUT2D eigenvalue weighted by molar-refractivity contribution is -0.147. The van der Waals surface area contributed by atoms with E-state index in [1.165, 1.54) is 5.56 Å². The van der Waals surface area contributed by atoms with Crippen LogP contribution >= 0.6 is 0 Å². The number of hydrogen-bond donors (Lipinski definition) is 0. The first-order valence-corrected chi connectivity index (χ1v) is 5.98. The molecule has 0 aliphatic heterocycles. The zero-order valence-corrected chi connectivity index (χ0v) is 10.8. The predicted molar refractivity (Wildman–Crippen MR) is 68.6 cm³/mol. The van der Waals surface area contributed by atoms with Gasteiger partial charge in [-0.05, 0) is 12.6 Å². The van der Waals surface area contributed by atoms with E-state index in [-0.39, 0.29) is 11.9 Å². The number of benzene rings is 1. The molecule has 1 rings (SSSR count). The van der Waals surface area contributed by atoms with Gasteiger partial charge in [-0.3, -0.25) is 9.69 Å². The molecule has 3 nitrogen and oxygen atoms in total. The van der Waals surface area contributed by atoms with Crippen LogP contribution < -0.4 is 0 Å². The van der Waals surface area contributed by atoms with Crippen LogP contribution in [-0.2, 0) is 16.1 Å². The van der Waals surface area contributed by atoms with Gasteiger partial charge in [-0.25, -0.2) is 0 Å². The van der Waals surface area contributed by atoms with Crippen LogP contribution in [0.1, 0.15) is 19.4 Å². The average molecular weight is 235 g/mol. The Bertz CT molecular complexity index is 335. The van der Waals surface area contributed by atoms with Gasteiger partial charge in [-0.1, -0.05) is 44.2 Å². The van der Waals surface area contributed by atoms with Gasteiger partial charge in [-0.2, -0.15) is 0 Å². The number of ether oxygens (including phenoxy) is 1. The number of carbonyl (C=O) groups is 1. The van der Waals surface area contributed by atoms with E-state index in [9.17, 15) is 4.79 Å². The summed E-state index contributed by atoms with van der Waals surface area (Å²) in [4.78, 5) is 13.4. The molecule has 0 aliphatic carbocycles. The van der Waals surface area contributed by atoms with Gasteiger partial charge in [0.05, 0.1) is 5.92 Å². The van der Waals surface area contributed by atoms with E-state index in [0.717, 1.165) is 13.1 Å². The van der Waals surface area contributed by atoms with Gasteiger partial charge >= 0.3 is 5.97 Å². The van der Waals surface area contributed by atoms with Crippen molar-refractivity contribution in [3.63, 3.8) is 0 Å². The van der Waals surface area contributed by atoms with Crippen molar-refractivity contribution in [2.24, 2.45) is 5.92 Å². The second-order valence-electron chi connectivity index (χ2n) is 4.55. The van der Waals surface area contributed by atoms with Crippen molar-refractivity contribution in [1.29, 1.82) is 0 Å². The lowest BCUT2D eigenvalue weighted by Gasteiger charge is -2.17. The molecule has 0 amide bonds. The third kappa shape index (κ3) is 5.50. The zero-order chi connectivity index (χ0) is 12.7. The molecule has 0 aliphatic rings. The molecule has 0 aromatic heterocycles. The predicted octanol–water partition coefficient (Wildman–Crippen LogP) is 2.32. The zero-order valence-electron chi connectivity index (χ0n) is 10.8. The number of nitrogens with zero attached hydrogens (tertiary/aromatic N) is 1. The Hall–Kier alpha value is -1.35. The molecular weight excluding hydrogens is 214 g/mol. The van der Waals surface area contributed by atoms with Crippen molar-refractivity contribution in [3.8, 4) is 0 Å². The maximum Gasteiger partial charge on any atom is 0.308 e. The molecule has 1 aromatic carbocycles. The molecule has 0 saturated heterocycles. The molecule has 0 spiro atoms. The topological polar surface area (TPSA) is 29.5 Å². The molecule has 0 atom stereocenters. The fourth-order valence-electron chi connectivity index (χ4n) is 1.44. The molecule has 17 heavy (non-hydrogen) atoms. The molecule has 0 unspecified atom stereocenters. The van der Waals surface area contributed by atoms with Gasteiger partial charge in [0.1, 0.15) is 6.61 Å². The minimum atomic E-state index is -0.127. The number of carbonyl (C=O) groups excluding carboxylic acids is 1. The summed E-state index contributed by atoms with van der Waals surface area (Å²) in [6.45, 7) is 5.78. The van der Waals surface area contributed by atoms with Gasteiger partial charge in [0.15, 0.2) is 0 Å². The third-order valence-electron chi connectivity index (χ3n) is 2.48. The van der Waals surface area contributed by atoms with Gasteiger partial charge in [0, 0.05) is 13.1 Å². The summed E-state index contributed by atoms with van der Waals surface area (Å²) >= 11 is 0. The number of esters is 1. The molecule has 94 valence electrons. The maximum absolute atomic E-state index is 11.2. The van der Waals surface area contributed by atoms with Crippen LogP contribution in [0.5, 0.6) is 0 Å². The van der Waals surface area contributed by atoms with E-state index in [1.54, 1.807) is 0 Å². The standard InChI is InChI=1S/C14H21NO2/c1-12(2)14(16)17-10-9-15(3)11-13-7-5-4-6-8-13/h4-8,12H,9-11H2,1-3H3. The van der Waals surface area contributed by atoms with E-state index in [2.05, 4.69) is 17.0 Å². The van der Waals surface area contributed by atoms with Crippen LogP contribution in [-0.4, -0.2) is 31.1 Å². The van der Waals surface area contributed by atoms with Crippen molar-refractivity contribution < 1.29 is 9.53 Å². The molecule has 0 bridgehead atoms. The number of hydrogen-bond acceptors (Lipinski definition) is 3. The SMILES string of the molecule is CC(C)C(=O)OCCN(C)Cc1ccccc1. The fraction of sp³-hybridized carbons (Fsp3) is 0.500. The van der Waals surface area contributed by atoms with Gasteiger partial charge in [0.25, 0.3) is 0 Å². The van der Waals surface area contributed by atoms with Crippen molar-refractivity contribution >= 4 is 5.97 Å². The molecule has 0 heterocycles. The summed E-state index contributed by atoms with van der Waals surface area (Å²) in [5, 5.41) is 0. The van der Waals surface area contributed by atoms with Crippen molar-refractivity contribution in [3.05, 3.63) is 35.9 Å². The molecule has 0 N–H and O–H groups in total. The summed E-state index contributed by atoms with van der Waals surface area (Å²) in [6.07, 6.45) is 0. The Labute approximate surface area is 103 Å². The Morgan fingerprint density at radius 3 is 2.53 bits per heavy atom. The second kappa shape index (κ2) is 7.07. The van der Waals surface area contributed by atoms with Crippen LogP contribution in [0.4, 0.5) is 0 Å². The number of likely N-dealkylation sites (N-methyl/N-ethyl adjacent to an activating group) is 1. The summed E-state index contributed by atoms with van der Waals surface area (Å²) in [5.41, 5.74) is 1.27. The maximum atomic E-state index is 11.2. The Kier molecular flexibility index (Phi) is 5.70. The molecular formula is C14H21NO2. The van der Waals surface area contributed by atoms with Crippen LogP contribution in [0, 0.1) is 5.92 Å². The van der Waals surface area contributed by atoms with Crippen LogP contribution in [0.15, 0.2) is 30.3 Å². The highest BCUT2D eigenvalue weighted by Crippen LogP contribution is 2.02. The molecule has 1 aromatic rings. The Morgan fingerprint density at radius 2 is 1.94 bits per heavy atom. The molecule has 0 saturated carbocycles.